The van der Waals surface area contributed by atoms with Crippen LogP contribution in [0.5, 0.6) is 0 Å². The molecule has 28 heavy (non-hydrogen) atoms. The van der Waals surface area contributed by atoms with Crippen molar-refractivity contribution in [2.24, 2.45) is 35.0 Å². The summed E-state index contributed by atoms with van der Waals surface area (Å²) in [5.74, 6) is 3.69. The molecule has 7 unspecified atom stereocenters. The summed E-state index contributed by atoms with van der Waals surface area (Å²) >= 11 is 0. The molecule has 3 fully saturated rings. The number of nitrogens with zero attached hydrogens (tertiary/aromatic N) is 1. The molecule has 162 valence electrons. The van der Waals surface area contributed by atoms with Crippen molar-refractivity contribution in [1.29, 1.82) is 0 Å². The molecule has 0 spiro atoms. The van der Waals surface area contributed by atoms with Gasteiger partial charge in [-0.15, -0.1) is 0 Å². The van der Waals surface area contributed by atoms with Crippen molar-refractivity contribution in [2.45, 2.75) is 104 Å². The van der Waals surface area contributed by atoms with Crippen LogP contribution in [0.4, 0.5) is 0 Å². The third-order valence-corrected chi connectivity index (χ3v) is 9.23. The van der Waals surface area contributed by atoms with E-state index in [1.54, 1.807) is 0 Å². The molecule has 0 aromatic heterocycles. The summed E-state index contributed by atoms with van der Waals surface area (Å²) in [6.07, 6.45) is 9.98. The van der Waals surface area contributed by atoms with Gasteiger partial charge in [0, 0.05) is 30.3 Å². The number of hydrogen-bond acceptors (Lipinski definition) is 3. The second-order valence-corrected chi connectivity index (χ2v) is 11.1. The number of rotatable bonds is 10. The molecule has 0 aromatic rings. The molecule has 0 amide bonds. The summed E-state index contributed by atoms with van der Waals surface area (Å²) in [6.45, 7) is 12.3. The van der Waals surface area contributed by atoms with E-state index in [-0.39, 0.29) is 17.4 Å². The predicted octanol–water partition coefficient (Wildman–Crippen LogP) is 5.31. The SMILES string of the molecule is CCC1CC1CC(C)CCC1(C)C(C)C(=O)CCC1(O)C(C)N(C)CC1CC1. The van der Waals surface area contributed by atoms with E-state index in [2.05, 4.69) is 46.6 Å². The van der Waals surface area contributed by atoms with E-state index in [4.69, 9.17) is 0 Å². The molecular formula is C25H45NO2. The molecule has 3 saturated carbocycles. The third kappa shape index (κ3) is 4.36. The fourth-order valence-electron chi connectivity index (χ4n) is 6.18. The van der Waals surface area contributed by atoms with Crippen molar-refractivity contribution in [2.75, 3.05) is 13.6 Å². The number of ketones is 1. The highest BCUT2D eigenvalue weighted by atomic mass is 16.3. The van der Waals surface area contributed by atoms with Gasteiger partial charge in [0.25, 0.3) is 0 Å². The Morgan fingerprint density at radius 2 is 1.93 bits per heavy atom. The lowest BCUT2D eigenvalue weighted by Crippen LogP contribution is -2.64. The maximum absolute atomic E-state index is 12.7. The van der Waals surface area contributed by atoms with Crippen molar-refractivity contribution < 1.29 is 9.90 Å². The normalized spacial score (nSPS) is 40.6. The van der Waals surface area contributed by atoms with Gasteiger partial charge in [0.2, 0.25) is 0 Å². The van der Waals surface area contributed by atoms with Crippen molar-refractivity contribution in [3.8, 4) is 0 Å². The molecule has 0 heterocycles. The van der Waals surface area contributed by atoms with Crippen molar-refractivity contribution in [3.05, 3.63) is 0 Å². The minimum absolute atomic E-state index is 0.0560. The highest BCUT2D eigenvalue weighted by Crippen LogP contribution is 2.53. The van der Waals surface area contributed by atoms with E-state index < -0.39 is 5.60 Å². The highest BCUT2D eigenvalue weighted by Gasteiger charge is 2.58. The first-order chi connectivity index (χ1) is 13.1. The lowest BCUT2D eigenvalue weighted by molar-refractivity contribution is -0.181. The maximum atomic E-state index is 12.7. The first kappa shape index (κ1) is 22.3. The average molecular weight is 392 g/mol. The predicted molar refractivity (Wildman–Crippen MR) is 116 cm³/mol. The summed E-state index contributed by atoms with van der Waals surface area (Å²) in [4.78, 5) is 15.0. The average Bonchev–Trinajstić information content (AvgIpc) is 3.58. The van der Waals surface area contributed by atoms with Crippen LogP contribution in [0.3, 0.4) is 0 Å². The Bertz CT molecular complexity index is 559. The molecule has 3 aliphatic rings. The minimum atomic E-state index is -0.783. The van der Waals surface area contributed by atoms with Crippen LogP contribution in [0.25, 0.3) is 0 Å². The van der Waals surface area contributed by atoms with Gasteiger partial charge >= 0.3 is 0 Å². The third-order valence-electron chi connectivity index (χ3n) is 9.23. The van der Waals surface area contributed by atoms with Crippen molar-refractivity contribution >= 4 is 5.78 Å². The molecule has 3 aliphatic carbocycles. The van der Waals surface area contributed by atoms with Crippen LogP contribution in [0.15, 0.2) is 0 Å². The highest BCUT2D eigenvalue weighted by molar-refractivity contribution is 5.83. The Morgan fingerprint density at radius 3 is 2.50 bits per heavy atom. The first-order valence-corrected chi connectivity index (χ1v) is 12.1. The lowest BCUT2D eigenvalue weighted by atomic mass is 9.54. The molecular weight excluding hydrogens is 346 g/mol. The molecule has 0 bridgehead atoms. The summed E-state index contributed by atoms with van der Waals surface area (Å²) in [5, 5.41) is 12.0. The Morgan fingerprint density at radius 1 is 1.25 bits per heavy atom. The smallest absolute Gasteiger partial charge is 0.136 e. The number of hydrogen-bond donors (Lipinski definition) is 1. The van der Waals surface area contributed by atoms with Crippen molar-refractivity contribution in [1.82, 2.24) is 4.90 Å². The minimum Gasteiger partial charge on any atom is -0.388 e. The van der Waals surface area contributed by atoms with Crippen LogP contribution in [-0.2, 0) is 4.79 Å². The molecule has 3 heteroatoms. The zero-order valence-corrected chi connectivity index (χ0v) is 19.3. The van der Waals surface area contributed by atoms with E-state index in [0.717, 1.165) is 37.1 Å². The Hall–Kier alpha value is -0.410. The van der Waals surface area contributed by atoms with Crippen LogP contribution in [-0.4, -0.2) is 41.0 Å². The number of likely N-dealkylation sites (N-methyl/N-ethyl adjacent to an activating group) is 1. The summed E-state index contributed by atoms with van der Waals surface area (Å²) in [5.41, 5.74) is -1.11. The van der Waals surface area contributed by atoms with Crippen LogP contribution >= 0.6 is 0 Å². The summed E-state index contributed by atoms with van der Waals surface area (Å²) in [7, 11) is 2.17. The van der Waals surface area contributed by atoms with E-state index in [0.29, 0.717) is 24.5 Å². The molecule has 0 aliphatic heterocycles. The number of carbonyl (C=O) groups is 1. The van der Waals surface area contributed by atoms with Crippen LogP contribution < -0.4 is 0 Å². The first-order valence-electron chi connectivity index (χ1n) is 12.1. The largest absolute Gasteiger partial charge is 0.388 e. The monoisotopic (exact) mass is 391 g/mol. The summed E-state index contributed by atoms with van der Waals surface area (Å²) in [6, 6.07) is 0.0943. The standard InChI is InChI=1S/C25H45NO2/c1-7-21-15-22(21)14-17(2)10-12-24(5)18(3)23(27)11-13-25(24,28)19(4)26(6)16-20-8-9-20/h17-22,28H,7-16H2,1-6H3. The number of carbonyl (C=O) groups excluding carboxylic acids is 1. The zero-order valence-electron chi connectivity index (χ0n) is 19.3. The van der Waals surface area contributed by atoms with Gasteiger partial charge in [0.1, 0.15) is 5.78 Å². The Kier molecular flexibility index (Phi) is 6.67. The molecule has 0 radical (unpaired) electrons. The topological polar surface area (TPSA) is 40.5 Å². The molecule has 3 nitrogen and oxygen atoms in total. The number of Topliss-reactive ketones (excluding diaryl/α,β-unsaturated/α-hetero) is 1. The van der Waals surface area contributed by atoms with Gasteiger partial charge in [-0.05, 0) is 76.2 Å². The molecule has 7 atom stereocenters. The van der Waals surface area contributed by atoms with Gasteiger partial charge < -0.3 is 10.0 Å². The molecule has 1 N–H and O–H groups in total. The van der Waals surface area contributed by atoms with Crippen LogP contribution in [0.1, 0.15) is 92.4 Å². The van der Waals surface area contributed by atoms with Gasteiger partial charge in [-0.25, -0.2) is 0 Å². The lowest BCUT2D eigenvalue weighted by Gasteiger charge is -2.56. The second-order valence-electron chi connectivity index (χ2n) is 11.1. The van der Waals surface area contributed by atoms with E-state index in [1.165, 1.54) is 32.1 Å². The Balaban J connectivity index is 1.69. The van der Waals surface area contributed by atoms with Gasteiger partial charge in [-0.3, -0.25) is 4.79 Å². The zero-order chi connectivity index (χ0) is 20.7. The van der Waals surface area contributed by atoms with Crippen molar-refractivity contribution in [3.63, 3.8) is 0 Å². The molecule has 0 saturated heterocycles. The van der Waals surface area contributed by atoms with Gasteiger partial charge in [0.05, 0.1) is 5.60 Å². The summed E-state index contributed by atoms with van der Waals surface area (Å²) < 4.78 is 0. The fraction of sp³-hybridized carbons (Fsp3) is 0.960. The van der Waals surface area contributed by atoms with Gasteiger partial charge in [-0.2, -0.15) is 0 Å². The van der Waals surface area contributed by atoms with E-state index in [1.807, 2.05) is 0 Å². The van der Waals surface area contributed by atoms with E-state index >= 15 is 0 Å². The molecule has 3 rings (SSSR count). The quantitative estimate of drug-likeness (QED) is 0.549. The van der Waals surface area contributed by atoms with Crippen LogP contribution in [0, 0.1) is 35.0 Å². The van der Waals surface area contributed by atoms with Gasteiger partial charge in [0.15, 0.2) is 0 Å². The second kappa shape index (κ2) is 8.38. The fourth-order valence-corrected chi connectivity index (χ4v) is 6.18. The maximum Gasteiger partial charge on any atom is 0.136 e. The van der Waals surface area contributed by atoms with Crippen LogP contribution in [0.2, 0.25) is 0 Å². The van der Waals surface area contributed by atoms with E-state index in [9.17, 15) is 9.90 Å². The van der Waals surface area contributed by atoms with Gasteiger partial charge in [-0.1, -0.05) is 40.5 Å². The number of aliphatic hydroxyl groups is 1. The Labute approximate surface area is 173 Å². The molecule has 0 aromatic carbocycles.